The van der Waals surface area contributed by atoms with E-state index in [1.54, 1.807) is 0 Å². The lowest BCUT2D eigenvalue weighted by atomic mass is 9.86. The number of hydrogen-bond donors (Lipinski definition) is 1. The molecule has 1 atom stereocenters. The van der Waals surface area contributed by atoms with Gasteiger partial charge in [0.2, 0.25) is 0 Å². The highest BCUT2D eigenvalue weighted by atomic mass is 32.1. The second-order valence-corrected chi connectivity index (χ2v) is 7.49. The van der Waals surface area contributed by atoms with Gasteiger partial charge in [0, 0.05) is 22.3 Å². The Labute approximate surface area is 117 Å². The number of unbranched alkanes of at least 4 members (excludes halogenated alkanes) is 2. The number of thiophene rings is 1. The molecule has 104 valence electrons. The lowest BCUT2D eigenvalue weighted by molar-refractivity contribution is 0.291. The van der Waals surface area contributed by atoms with E-state index in [9.17, 15) is 0 Å². The Morgan fingerprint density at radius 3 is 2.56 bits per heavy atom. The highest BCUT2D eigenvalue weighted by Crippen LogP contribution is 2.26. The van der Waals surface area contributed by atoms with Crippen LogP contribution in [0.2, 0.25) is 0 Å². The van der Waals surface area contributed by atoms with Crippen molar-refractivity contribution in [2.24, 2.45) is 5.41 Å². The van der Waals surface area contributed by atoms with E-state index in [0.29, 0.717) is 11.5 Å². The zero-order valence-corrected chi connectivity index (χ0v) is 13.5. The average Bonchev–Trinajstić information content (AvgIpc) is 2.73. The molecule has 18 heavy (non-hydrogen) atoms. The number of aryl methyl sites for hydroxylation is 1. The molecule has 1 aromatic heterocycles. The second-order valence-electron chi connectivity index (χ2n) is 6.17. The van der Waals surface area contributed by atoms with Crippen LogP contribution in [-0.2, 0) is 0 Å². The first-order chi connectivity index (χ1) is 8.44. The van der Waals surface area contributed by atoms with Crippen LogP contribution < -0.4 is 5.32 Å². The molecule has 1 nitrogen and oxygen atoms in total. The minimum atomic E-state index is 0.412. The normalized spacial score (nSPS) is 13.8. The molecule has 0 radical (unpaired) electrons. The van der Waals surface area contributed by atoms with E-state index in [2.05, 4.69) is 52.1 Å². The number of nitrogens with one attached hydrogen (secondary N) is 1. The molecule has 0 amide bonds. The molecule has 1 rings (SSSR count). The molecule has 0 aliphatic heterocycles. The van der Waals surface area contributed by atoms with Crippen LogP contribution in [0.3, 0.4) is 0 Å². The zero-order chi connectivity index (χ0) is 13.6. The van der Waals surface area contributed by atoms with Crippen molar-refractivity contribution in [3.05, 3.63) is 21.9 Å². The number of hydrogen-bond acceptors (Lipinski definition) is 2. The first-order valence-electron chi connectivity index (χ1n) is 7.24. The van der Waals surface area contributed by atoms with Gasteiger partial charge >= 0.3 is 0 Å². The minimum Gasteiger partial charge on any atom is -0.309 e. The molecule has 1 heterocycles. The van der Waals surface area contributed by atoms with E-state index >= 15 is 0 Å². The van der Waals surface area contributed by atoms with Gasteiger partial charge in [-0.1, -0.05) is 40.0 Å². The van der Waals surface area contributed by atoms with Crippen LogP contribution in [0.15, 0.2) is 12.1 Å². The molecule has 1 unspecified atom stereocenters. The zero-order valence-electron chi connectivity index (χ0n) is 12.7. The third-order valence-corrected chi connectivity index (χ3v) is 4.72. The molecule has 0 aliphatic carbocycles. The predicted molar refractivity (Wildman–Crippen MR) is 83.4 cm³/mol. The maximum Gasteiger partial charge on any atom is 0.0386 e. The summed E-state index contributed by atoms with van der Waals surface area (Å²) in [6.07, 6.45) is 5.36. The van der Waals surface area contributed by atoms with Crippen molar-refractivity contribution in [3.8, 4) is 0 Å². The van der Waals surface area contributed by atoms with Gasteiger partial charge < -0.3 is 5.32 Å². The van der Waals surface area contributed by atoms with Crippen LogP contribution in [0.1, 0.15) is 69.2 Å². The SMILES string of the molecule is CCCCCC(C)(C)CNC(C)c1ccc(C)s1. The first kappa shape index (κ1) is 15.7. The summed E-state index contributed by atoms with van der Waals surface area (Å²) in [5.74, 6) is 0. The molecule has 0 spiro atoms. The third kappa shape index (κ3) is 5.53. The molecule has 2 heteroatoms. The molecule has 0 aromatic carbocycles. The summed E-state index contributed by atoms with van der Waals surface area (Å²) in [4.78, 5) is 2.86. The van der Waals surface area contributed by atoms with E-state index in [-0.39, 0.29) is 0 Å². The van der Waals surface area contributed by atoms with Crippen molar-refractivity contribution >= 4 is 11.3 Å². The molecule has 0 bridgehead atoms. The van der Waals surface area contributed by atoms with Crippen molar-refractivity contribution in [2.45, 2.75) is 66.3 Å². The smallest absolute Gasteiger partial charge is 0.0386 e. The summed E-state index contributed by atoms with van der Waals surface area (Å²) < 4.78 is 0. The lowest BCUT2D eigenvalue weighted by Crippen LogP contribution is -2.31. The monoisotopic (exact) mass is 267 g/mol. The fourth-order valence-corrected chi connectivity index (χ4v) is 3.06. The van der Waals surface area contributed by atoms with Crippen molar-refractivity contribution < 1.29 is 0 Å². The van der Waals surface area contributed by atoms with Crippen LogP contribution in [-0.4, -0.2) is 6.54 Å². The fourth-order valence-electron chi connectivity index (χ4n) is 2.16. The van der Waals surface area contributed by atoms with Gasteiger partial charge in [0.25, 0.3) is 0 Å². The Morgan fingerprint density at radius 1 is 1.28 bits per heavy atom. The summed E-state index contributed by atoms with van der Waals surface area (Å²) >= 11 is 1.91. The van der Waals surface area contributed by atoms with Crippen LogP contribution in [0.25, 0.3) is 0 Å². The predicted octanol–water partition coefficient (Wildman–Crippen LogP) is 5.31. The molecule has 1 aromatic rings. The van der Waals surface area contributed by atoms with E-state index in [1.165, 1.54) is 35.4 Å². The summed E-state index contributed by atoms with van der Waals surface area (Å²) in [7, 11) is 0. The van der Waals surface area contributed by atoms with Crippen molar-refractivity contribution in [1.29, 1.82) is 0 Å². The van der Waals surface area contributed by atoms with E-state index in [1.807, 2.05) is 11.3 Å². The maximum atomic E-state index is 3.69. The fraction of sp³-hybridized carbons (Fsp3) is 0.750. The standard InChI is InChI=1S/C16H29NS/c1-6-7-8-11-16(4,5)12-17-14(3)15-10-9-13(2)18-15/h9-10,14,17H,6-8,11-12H2,1-5H3. The van der Waals surface area contributed by atoms with Gasteiger partial charge in [-0.2, -0.15) is 0 Å². The van der Waals surface area contributed by atoms with E-state index in [4.69, 9.17) is 0 Å². The molecule has 0 saturated carbocycles. The Bertz CT molecular complexity index is 341. The molecule has 0 saturated heterocycles. The van der Waals surface area contributed by atoms with Crippen LogP contribution in [0.5, 0.6) is 0 Å². The largest absolute Gasteiger partial charge is 0.309 e. The van der Waals surface area contributed by atoms with Gasteiger partial charge in [0.15, 0.2) is 0 Å². The van der Waals surface area contributed by atoms with Gasteiger partial charge in [-0.05, 0) is 37.8 Å². The van der Waals surface area contributed by atoms with E-state index in [0.717, 1.165) is 6.54 Å². The Hall–Kier alpha value is -0.340. The minimum absolute atomic E-state index is 0.412. The molecular formula is C16H29NS. The quantitative estimate of drug-likeness (QED) is 0.629. The second kappa shape index (κ2) is 7.30. The summed E-state index contributed by atoms with van der Waals surface area (Å²) in [6.45, 7) is 12.6. The maximum absolute atomic E-state index is 3.69. The third-order valence-electron chi connectivity index (χ3n) is 3.53. The summed E-state index contributed by atoms with van der Waals surface area (Å²) in [5.41, 5.74) is 0.412. The van der Waals surface area contributed by atoms with Gasteiger partial charge in [-0.15, -0.1) is 11.3 Å². The number of rotatable bonds is 8. The summed E-state index contributed by atoms with van der Waals surface area (Å²) in [5, 5.41) is 3.69. The van der Waals surface area contributed by atoms with Gasteiger partial charge in [0.05, 0.1) is 0 Å². The van der Waals surface area contributed by atoms with Crippen molar-refractivity contribution in [3.63, 3.8) is 0 Å². The Balaban J connectivity index is 2.34. The van der Waals surface area contributed by atoms with Crippen molar-refractivity contribution in [1.82, 2.24) is 5.32 Å². The van der Waals surface area contributed by atoms with Crippen LogP contribution >= 0.6 is 11.3 Å². The van der Waals surface area contributed by atoms with Gasteiger partial charge in [0.1, 0.15) is 0 Å². The van der Waals surface area contributed by atoms with Crippen molar-refractivity contribution in [2.75, 3.05) is 6.54 Å². The highest BCUT2D eigenvalue weighted by molar-refractivity contribution is 7.12. The van der Waals surface area contributed by atoms with Crippen LogP contribution in [0.4, 0.5) is 0 Å². The molecule has 1 N–H and O–H groups in total. The van der Waals surface area contributed by atoms with E-state index < -0.39 is 0 Å². The average molecular weight is 267 g/mol. The molecule has 0 aliphatic rings. The first-order valence-corrected chi connectivity index (χ1v) is 8.06. The molecule has 0 fully saturated rings. The lowest BCUT2D eigenvalue weighted by Gasteiger charge is -2.27. The van der Waals surface area contributed by atoms with Gasteiger partial charge in [-0.3, -0.25) is 0 Å². The Kier molecular flexibility index (Phi) is 6.37. The molecular weight excluding hydrogens is 238 g/mol. The van der Waals surface area contributed by atoms with Crippen LogP contribution in [0, 0.1) is 12.3 Å². The highest BCUT2D eigenvalue weighted by Gasteiger charge is 2.18. The topological polar surface area (TPSA) is 12.0 Å². The summed E-state index contributed by atoms with van der Waals surface area (Å²) in [6, 6.07) is 4.95. The van der Waals surface area contributed by atoms with Gasteiger partial charge in [-0.25, -0.2) is 0 Å². The Morgan fingerprint density at radius 2 is 2.00 bits per heavy atom.